The predicted octanol–water partition coefficient (Wildman–Crippen LogP) is 2.42. The van der Waals surface area contributed by atoms with Crippen LogP contribution in [0.25, 0.3) is 0 Å². The third kappa shape index (κ3) is 3.47. The lowest BCUT2D eigenvalue weighted by atomic mass is 10.1. The molecule has 1 atom stereocenters. The molecule has 0 radical (unpaired) electrons. The minimum Gasteiger partial charge on any atom is -0.368 e. The number of nitrogens with two attached hydrogens (primary N) is 1. The number of anilines is 1. The van der Waals surface area contributed by atoms with E-state index < -0.39 is 28.4 Å². The zero-order valence-corrected chi connectivity index (χ0v) is 11.7. The van der Waals surface area contributed by atoms with E-state index in [1.54, 1.807) is 0 Å². The van der Waals surface area contributed by atoms with Gasteiger partial charge in [0.2, 0.25) is 11.7 Å². The number of carbonyl (C=O) groups excluding carboxylic acids is 1. The quantitative estimate of drug-likeness (QED) is 0.648. The number of aromatic nitrogens is 1. The number of carbonyl (C=O) groups is 1. The topological polar surface area (TPSA) is 111 Å². The maximum absolute atomic E-state index is 12.9. The Balaban J connectivity index is 2.39. The second kappa shape index (κ2) is 6.35. The Morgan fingerprint density at radius 1 is 1.41 bits per heavy atom. The lowest BCUT2D eigenvalue weighted by Gasteiger charge is -2.16. The molecule has 1 unspecified atom stereocenters. The van der Waals surface area contributed by atoms with E-state index in [1.807, 2.05) is 0 Å². The van der Waals surface area contributed by atoms with E-state index in [4.69, 9.17) is 17.3 Å². The Morgan fingerprint density at radius 3 is 2.59 bits per heavy atom. The van der Waals surface area contributed by atoms with Crippen molar-refractivity contribution in [2.45, 2.75) is 6.04 Å². The smallest absolute Gasteiger partial charge is 0.312 e. The third-order valence-corrected chi connectivity index (χ3v) is 3.01. The molecule has 1 aromatic heterocycles. The number of halogens is 2. The number of amides is 1. The van der Waals surface area contributed by atoms with Crippen molar-refractivity contribution in [1.82, 2.24) is 4.98 Å². The standard InChI is InChI=1S/C13H10ClFN4O3/c14-8-5-10(19(21)22)13(17-6-8)18-11(12(16)20)7-1-3-9(15)4-2-7/h1-6,11H,(H2,16,20)(H,17,18). The summed E-state index contributed by atoms with van der Waals surface area (Å²) in [4.78, 5) is 25.7. The fourth-order valence-electron chi connectivity index (χ4n) is 1.79. The first-order chi connectivity index (χ1) is 10.4. The molecule has 1 amide bonds. The summed E-state index contributed by atoms with van der Waals surface area (Å²) in [7, 11) is 0. The van der Waals surface area contributed by atoms with Gasteiger partial charge in [-0.25, -0.2) is 9.37 Å². The molecule has 0 bridgehead atoms. The lowest BCUT2D eigenvalue weighted by Crippen LogP contribution is -2.28. The van der Waals surface area contributed by atoms with Gasteiger partial charge in [0.25, 0.3) is 0 Å². The van der Waals surface area contributed by atoms with Crippen LogP contribution in [0.2, 0.25) is 5.02 Å². The highest BCUT2D eigenvalue weighted by Gasteiger charge is 2.23. The lowest BCUT2D eigenvalue weighted by molar-refractivity contribution is -0.384. The van der Waals surface area contributed by atoms with Crippen LogP contribution in [0.1, 0.15) is 11.6 Å². The van der Waals surface area contributed by atoms with Crippen LogP contribution in [0.15, 0.2) is 36.5 Å². The zero-order chi connectivity index (χ0) is 16.3. The van der Waals surface area contributed by atoms with Crippen LogP contribution in [-0.2, 0) is 4.79 Å². The molecule has 0 aliphatic carbocycles. The van der Waals surface area contributed by atoms with Crippen molar-refractivity contribution in [2.75, 3.05) is 5.32 Å². The highest BCUT2D eigenvalue weighted by molar-refractivity contribution is 6.30. The monoisotopic (exact) mass is 324 g/mol. The SMILES string of the molecule is NC(=O)C(Nc1ncc(Cl)cc1[N+](=O)[O-])c1ccc(F)cc1. The Hall–Kier alpha value is -2.74. The van der Waals surface area contributed by atoms with Gasteiger partial charge in [0.15, 0.2) is 0 Å². The molecule has 1 aromatic carbocycles. The molecule has 0 aliphatic rings. The highest BCUT2D eigenvalue weighted by Crippen LogP contribution is 2.28. The number of primary amides is 1. The maximum atomic E-state index is 12.9. The first-order valence-electron chi connectivity index (χ1n) is 5.99. The molecule has 7 nitrogen and oxygen atoms in total. The summed E-state index contributed by atoms with van der Waals surface area (Å²) in [6, 6.07) is 4.99. The second-order valence-corrected chi connectivity index (χ2v) is 4.75. The highest BCUT2D eigenvalue weighted by atomic mass is 35.5. The molecule has 0 spiro atoms. The van der Waals surface area contributed by atoms with E-state index in [1.165, 1.54) is 18.3 Å². The number of pyridine rings is 1. The number of nitro groups is 1. The van der Waals surface area contributed by atoms with E-state index in [0.717, 1.165) is 18.2 Å². The normalized spacial score (nSPS) is 11.7. The Labute approximate surface area is 129 Å². The number of benzene rings is 1. The minimum atomic E-state index is -1.10. The first-order valence-corrected chi connectivity index (χ1v) is 6.37. The van der Waals surface area contributed by atoms with E-state index in [2.05, 4.69) is 10.3 Å². The molecule has 0 saturated carbocycles. The van der Waals surface area contributed by atoms with Crippen molar-refractivity contribution in [3.05, 3.63) is 63.0 Å². The molecule has 0 saturated heterocycles. The summed E-state index contributed by atoms with van der Waals surface area (Å²) >= 11 is 5.67. The second-order valence-electron chi connectivity index (χ2n) is 4.31. The van der Waals surface area contributed by atoms with Gasteiger partial charge in [-0.05, 0) is 17.7 Å². The molecule has 9 heteroatoms. The predicted molar refractivity (Wildman–Crippen MR) is 77.9 cm³/mol. The summed E-state index contributed by atoms with van der Waals surface area (Å²) in [5.41, 5.74) is 5.24. The summed E-state index contributed by atoms with van der Waals surface area (Å²) in [6.45, 7) is 0. The fourth-order valence-corrected chi connectivity index (χ4v) is 1.94. The average molecular weight is 325 g/mol. The van der Waals surface area contributed by atoms with Gasteiger partial charge in [0.1, 0.15) is 11.9 Å². The molecule has 0 aliphatic heterocycles. The van der Waals surface area contributed by atoms with Gasteiger partial charge in [-0.15, -0.1) is 0 Å². The van der Waals surface area contributed by atoms with Crippen molar-refractivity contribution < 1.29 is 14.1 Å². The van der Waals surface area contributed by atoms with E-state index in [0.29, 0.717) is 5.56 Å². The van der Waals surface area contributed by atoms with E-state index in [-0.39, 0.29) is 10.8 Å². The van der Waals surface area contributed by atoms with Gasteiger partial charge >= 0.3 is 5.69 Å². The number of nitrogens with one attached hydrogen (secondary N) is 1. The molecule has 22 heavy (non-hydrogen) atoms. The van der Waals surface area contributed by atoms with Crippen LogP contribution < -0.4 is 11.1 Å². The molecule has 2 rings (SSSR count). The van der Waals surface area contributed by atoms with Crippen molar-refractivity contribution in [2.24, 2.45) is 5.73 Å². The van der Waals surface area contributed by atoms with Crippen molar-refractivity contribution in [3.8, 4) is 0 Å². The number of nitrogens with zero attached hydrogens (tertiary/aromatic N) is 2. The molecule has 2 aromatic rings. The van der Waals surface area contributed by atoms with Crippen LogP contribution in [-0.4, -0.2) is 15.8 Å². The van der Waals surface area contributed by atoms with Gasteiger partial charge in [-0.1, -0.05) is 23.7 Å². The minimum absolute atomic E-state index is 0.0784. The van der Waals surface area contributed by atoms with Gasteiger partial charge in [-0.3, -0.25) is 14.9 Å². The van der Waals surface area contributed by atoms with Crippen molar-refractivity contribution in [3.63, 3.8) is 0 Å². The van der Waals surface area contributed by atoms with Crippen LogP contribution in [0.5, 0.6) is 0 Å². The number of hydrogen-bond donors (Lipinski definition) is 2. The van der Waals surface area contributed by atoms with Crippen LogP contribution in [0.3, 0.4) is 0 Å². The summed E-state index contributed by atoms with van der Waals surface area (Å²) < 4.78 is 12.9. The zero-order valence-electron chi connectivity index (χ0n) is 11.0. The van der Waals surface area contributed by atoms with Gasteiger partial charge in [-0.2, -0.15) is 0 Å². The van der Waals surface area contributed by atoms with Gasteiger partial charge in [0.05, 0.1) is 9.95 Å². The van der Waals surface area contributed by atoms with E-state index >= 15 is 0 Å². The summed E-state index contributed by atoms with van der Waals surface area (Å²) in [5.74, 6) is -1.44. The molecular weight excluding hydrogens is 315 g/mol. The van der Waals surface area contributed by atoms with Crippen molar-refractivity contribution >= 4 is 29.0 Å². The number of hydrogen-bond acceptors (Lipinski definition) is 5. The largest absolute Gasteiger partial charge is 0.368 e. The first kappa shape index (κ1) is 15.6. The van der Waals surface area contributed by atoms with Crippen molar-refractivity contribution in [1.29, 1.82) is 0 Å². The summed E-state index contributed by atoms with van der Waals surface area (Å²) in [5, 5.41) is 13.7. The number of rotatable bonds is 5. The van der Waals surface area contributed by atoms with Gasteiger partial charge in [0, 0.05) is 12.3 Å². The van der Waals surface area contributed by atoms with Crippen LogP contribution >= 0.6 is 11.6 Å². The molecule has 3 N–H and O–H groups in total. The molecule has 114 valence electrons. The van der Waals surface area contributed by atoms with E-state index in [9.17, 15) is 19.3 Å². The maximum Gasteiger partial charge on any atom is 0.312 e. The Morgan fingerprint density at radius 2 is 2.05 bits per heavy atom. The Kier molecular flexibility index (Phi) is 4.52. The molecule has 0 fully saturated rings. The molecular formula is C13H10ClFN4O3. The van der Waals surface area contributed by atoms with Crippen LogP contribution in [0, 0.1) is 15.9 Å². The average Bonchev–Trinajstić information content (AvgIpc) is 2.46. The van der Waals surface area contributed by atoms with Gasteiger partial charge < -0.3 is 11.1 Å². The fraction of sp³-hybridized carbons (Fsp3) is 0.0769. The molecule has 1 heterocycles. The Bertz CT molecular complexity index is 724. The van der Waals surface area contributed by atoms with Crippen LogP contribution in [0.4, 0.5) is 15.9 Å². The summed E-state index contributed by atoms with van der Waals surface area (Å²) in [6.07, 6.45) is 1.19. The third-order valence-electron chi connectivity index (χ3n) is 2.80.